The number of imidazole rings is 1. The van der Waals surface area contributed by atoms with Crippen LogP contribution in [0.25, 0.3) is 11.5 Å². The first kappa shape index (κ1) is 6.22. The number of aromatic amines is 2. The smallest absolute Gasteiger partial charge is 0.153 e. The third kappa shape index (κ3) is 1.05. The van der Waals surface area contributed by atoms with Crippen molar-refractivity contribution in [3.8, 4) is 11.5 Å². The average Bonchev–Trinajstić information content (AvgIpc) is 2.55. The lowest BCUT2D eigenvalue weighted by Gasteiger charge is -1.88. The molecule has 2 aromatic heterocycles. The quantitative estimate of drug-likeness (QED) is 0.633. The maximum atomic E-state index is 4.17. The van der Waals surface area contributed by atoms with Crippen LogP contribution in [0.3, 0.4) is 0 Å². The number of H-pyrrole nitrogens is 2. The maximum Gasteiger partial charge on any atom is 0.153 e. The SMILES string of the molecule is Cc1cnc(-c2ccc[nH]2)[nH]1. The average molecular weight is 147 g/mol. The van der Waals surface area contributed by atoms with Gasteiger partial charge in [-0.15, -0.1) is 0 Å². The van der Waals surface area contributed by atoms with E-state index in [4.69, 9.17) is 0 Å². The van der Waals surface area contributed by atoms with Crippen molar-refractivity contribution in [2.24, 2.45) is 0 Å². The van der Waals surface area contributed by atoms with E-state index in [1.54, 1.807) is 0 Å². The third-order valence-corrected chi connectivity index (χ3v) is 1.56. The van der Waals surface area contributed by atoms with Gasteiger partial charge in [-0.1, -0.05) is 0 Å². The molecular weight excluding hydrogens is 138 g/mol. The van der Waals surface area contributed by atoms with Crippen molar-refractivity contribution in [1.82, 2.24) is 15.0 Å². The third-order valence-electron chi connectivity index (χ3n) is 1.56. The fourth-order valence-electron chi connectivity index (χ4n) is 1.03. The molecule has 0 amide bonds. The lowest BCUT2D eigenvalue weighted by molar-refractivity contribution is 1.22. The van der Waals surface area contributed by atoms with E-state index in [2.05, 4.69) is 15.0 Å². The van der Waals surface area contributed by atoms with E-state index in [0.29, 0.717) is 0 Å². The minimum Gasteiger partial charge on any atom is -0.359 e. The Bertz CT molecular complexity index is 332. The van der Waals surface area contributed by atoms with Crippen LogP contribution >= 0.6 is 0 Å². The summed E-state index contributed by atoms with van der Waals surface area (Å²) in [6.45, 7) is 1.99. The van der Waals surface area contributed by atoms with Crippen LogP contribution in [0.4, 0.5) is 0 Å². The highest BCUT2D eigenvalue weighted by Gasteiger charge is 1.99. The van der Waals surface area contributed by atoms with Gasteiger partial charge in [-0.05, 0) is 19.1 Å². The molecule has 2 N–H and O–H groups in total. The molecule has 0 aliphatic rings. The molecule has 0 saturated carbocycles. The first-order chi connectivity index (χ1) is 5.36. The normalized spacial score (nSPS) is 10.3. The van der Waals surface area contributed by atoms with Crippen molar-refractivity contribution >= 4 is 0 Å². The van der Waals surface area contributed by atoms with E-state index in [9.17, 15) is 0 Å². The Morgan fingerprint density at radius 1 is 1.45 bits per heavy atom. The van der Waals surface area contributed by atoms with Gasteiger partial charge in [-0.2, -0.15) is 0 Å². The van der Waals surface area contributed by atoms with E-state index in [-0.39, 0.29) is 0 Å². The molecule has 3 nitrogen and oxygen atoms in total. The second-order valence-corrected chi connectivity index (χ2v) is 2.50. The van der Waals surface area contributed by atoms with Gasteiger partial charge in [-0.25, -0.2) is 4.98 Å². The van der Waals surface area contributed by atoms with Gasteiger partial charge in [0.2, 0.25) is 0 Å². The molecular formula is C8H9N3. The zero-order valence-corrected chi connectivity index (χ0v) is 6.26. The molecule has 11 heavy (non-hydrogen) atoms. The zero-order valence-electron chi connectivity index (χ0n) is 6.26. The molecule has 0 spiro atoms. The van der Waals surface area contributed by atoms with Crippen LogP contribution in [0, 0.1) is 6.92 Å². The summed E-state index contributed by atoms with van der Waals surface area (Å²) < 4.78 is 0. The van der Waals surface area contributed by atoms with Gasteiger partial charge in [0.25, 0.3) is 0 Å². The number of hydrogen-bond donors (Lipinski definition) is 2. The van der Waals surface area contributed by atoms with Gasteiger partial charge in [0, 0.05) is 18.1 Å². The first-order valence-corrected chi connectivity index (χ1v) is 3.51. The molecule has 0 aromatic carbocycles. The van der Waals surface area contributed by atoms with Gasteiger partial charge in [0.05, 0.1) is 5.69 Å². The van der Waals surface area contributed by atoms with Crippen molar-refractivity contribution in [3.63, 3.8) is 0 Å². The molecule has 2 heterocycles. The van der Waals surface area contributed by atoms with Crippen LogP contribution in [0.5, 0.6) is 0 Å². The summed E-state index contributed by atoms with van der Waals surface area (Å²) in [5, 5.41) is 0. The molecule has 0 atom stereocenters. The molecule has 2 rings (SSSR count). The van der Waals surface area contributed by atoms with Crippen molar-refractivity contribution < 1.29 is 0 Å². The summed E-state index contributed by atoms with van der Waals surface area (Å²) in [5.41, 5.74) is 2.10. The van der Waals surface area contributed by atoms with Crippen LogP contribution in [-0.2, 0) is 0 Å². The standard InChI is InChI=1S/C8H9N3/c1-6-5-10-8(11-6)7-3-2-4-9-7/h2-5,9H,1H3,(H,10,11). The van der Waals surface area contributed by atoms with Crippen molar-refractivity contribution in [2.45, 2.75) is 6.92 Å². The number of nitrogens with zero attached hydrogens (tertiary/aromatic N) is 1. The molecule has 2 aromatic rings. The Morgan fingerprint density at radius 3 is 2.91 bits per heavy atom. The van der Waals surface area contributed by atoms with Gasteiger partial charge >= 0.3 is 0 Å². The van der Waals surface area contributed by atoms with Crippen LogP contribution in [0.1, 0.15) is 5.69 Å². The highest BCUT2D eigenvalue weighted by atomic mass is 14.9. The number of rotatable bonds is 1. The van der Waals surface area contributed by atoms with Gasteiger partial charge < -0.3 is 9.97 Å². The molecule has 0 unspecified atom stereocenters. The Balaban J connectivity index is 2.45. The van der Waals surface area contributed by atoms with E-state index in [1.165, 1.54) is 0 Å². The largest absolute Gasteiger partial charge is 0.359 e. The minimum atomic E-state index is 0.896. The number of hydrogen-bond acceptors (Lipinski definition) is 1. The van der Waals surface area contributed by atoms with Gasteiger partial charge in [0.15, 0.2) is 5.82 Å². The molecule has 0 saturated heterocycles. The van der Waals surface area contributed by atoms with Crippen LogP contribution in [-0.4, -0.2) is 15.0 Å². The molecule has 0 aliphatic carbocycles. The maximum absolute atomic E-state index is 4.17. The van der Waals surface area contributed by atoms with Crippen LogP contribution in [0.15, 0.2) is 24.5 Å². The Hall–Kier alpha value is -1.51. The molecule has 3 heteroatoms. The lowest BCUT2D eigenvalue weighted by atomic mass is 10.4. The second kappa shape index (κ2) is 2.27. The number of nitrogens with one attached hydrogen (secondary N) is 2. The predicted molar refractivity (Wildman–Crippen MR) is 43.1 cm³/mol. The van der Waals surface area contributed by atoms with Crippen LogP contribution < -0.4 is 0 Å². The lowest BCUT2D eigenvalue weighted by Crippen LogP contribution is -1.78. The summed E-state index contributed by atoms with van der Waals surface area (Å²) in [6.07, 6.45) is 3.70. The summed E-state index contributed by atoms with van der Waals surface area (Å²) in [7, 11) is 0. The highest BCUT2D eigenvalue weighted by Crippen LogP contribution is 2.11. The number of aromatic nitrogens is 3. The number of aryl methyl sites for hydroxylation is 1. The van der Waals surface area contributed by atoms with Crippen molar-refractivity contribution in [2.75, 3.05) is 0 Å². The molecule has 0 radical (unpaired) electrons. The van der Waals surface area contributed by atoms with Crippen molar-refractivity contribution in [3.05, 3.63) is 30.2 Å². The Kier molecular flexibility index (Phi) is 1.28. The zero-order chi connectivity index (χ0) is 7.68. The highest BCUT2D eigenvalue weighted by molar-refractivity contribution is 5.49. The molecule has 0 fully saturated rings. The fourth-order valence-corrected chi connectivity index (χ4v) is 1.03. The van der Waals surface area contributed by atoms with E-state index < -0.39 is 0 Å². The molecule has 0 aliphatic heterocycles. The topological polar surface area (TPSA) is 44.5 Å². The summed E-state index contributed by atoms with van der Waals surface area (Å²) >= 11 is 0. The van der Waals surface area contributed by atoms with E-state index in [1.807, 2.05) is 31.5 Å². The summed E-state index contributed by atoms with van der Waals surface area (Å²) in [5.74, 6) is 0.896. The first-order valence-electron chi connectivity index (χ1n) is 3.51. The monoisotopic (exact) mass is 147 g/mol. The summed E-state index contributed by atoms with van der Waals surface area (Å²) in [6, 6.07) is 3.94. The van der Waals surface area contributed by atoms with E-state index in [0.717, 1.165) is 17.2 Å². The Morgan fingerprint density at radius 2 is 2.36 bits per heavy atom. The molecule has 0 bridgehead atoms. The summed E-state index contributed by atoms with van der Waals surface area (Å²) in [4.78, 5) is 10.4. The van der Waals surface area contributed by atoms with E-state index >= 15 is 0 Å². The molecule has 56 valence electrons. The van der Waals surface area contributed by atoms with Gasteiger partial charge in [0.1, 0.15) is 0 Å². The second-order valence-electron chi connectivity index (χ2n) is 2.50. The van der Waals surface area contributed by atoms with Crippen LogP contribution in [0.2, 0.25) is 0 Å². The Labute approximate surface area is 64.5 Å². The fraction of sp³-hybridized carbons (Fsp3) is 0.125. The minimum absolute atomic E-state index is 0.896. The van der Waals surface area contributed by atoms with Crippen molar-refractivity contribution in [1.29, 1.82) is 0 Å². The van der Waals surface area contributed by atoms with Gasteiger partial charge in [-0.3, -0.25) is 0 Å². The predicted octanol–water partition coefficient (Wildman–Crippen LogP) is 1.71.